The zero-order valence-corrected chi connectivity index (χ0v) is 11.7. The molecule has 1 rings (SSSR count). The first-order chi connectivity index (χ1) is 8.34. The van der Waals surface area contributed by atoms with E-state index >= 15 is 0 Å². The number of carbonyl (C=O) groups excluding carboxylic acids is 2. The normalized spacial score (nSPS) is 12.3. The molecule has 3 nitrogen and oxygen atoms in total. The summed E-state index contributed by atoms with van der Waals surface area (Å²) in [4.78, 5) is 25.6. The molecule has 3 heteroatoms. The van der Waals surface area contributed by atoms with Crippen molar-refractivity contribution in [2.24, 2.45) is 5.92 Å². The van der Waals surface area contributed by atoms with Gasteiger partial charge in [-0.1, -0.05) is 43.7 Å². The molecule has 0 N–H and O–H groups in total. The molecule has 0 aromatic heterocycles. The lowest BCUT2D eigenvalue weighted by Gasteiger charge is -2.25. The lowest BCUT2D eigenvalue weighted by atomic mass is 10.0. The van der Waals surface area contributed by atoms with Crippen molar-refractivity contribution in [2.45, 2.75) is 33.7 Å². The van der Waals surface area contributed by atoms with E-state index in [1.54, 1.807) is 14.0 Å². The maximum absolute atomic E-state index is 12.2. The highest BCUT2D eigenvalue weighted by molar-refractivity contribution is 6.01. The predicted molar refractivity (Wildman–Crippen MR) is 72.6 cm³/mol. The highest BCUT2D eigenvalue weighted by atomic mass is 16.2. The Kier molecular flexibility index (Phi) is 4.65. The number of amides is 1. The number of aryl methyl sites for hydroxylation is 1. The molecule has 0 bridgehead atoms. The molecule has 0 fully saturated rings. The fraction of sp³-hybridized carbons (Fsp3) is 0.467. The van der Waals surface area contributed by atoms with Crippen molar-refractivity contribution in [3.8, 4) is 0 Å². The molecule has 1 aromatic rings. The first kappa shape index (κ1) is 14.4. The summed E-state index contributed by atoms with van der Waals surface area (Å²) in [6, 6.07) is 7.00. The summed E-state index contributed by atoms with van der Waals surface area (Å²) in [6.45, 7) is 7.42. The van der Waals surface area contributed by atoms with Crippen molar-refractivity contribution in [2.75, 3.05) is 7.05 Å². The number of hydrogen-bond donors (Lipinski definition) is 0. The van der Waals surface area contributed by atoms with Crippen molar-refractivity contribution < 1.29 is 9.59 Å². The van der Waals surface area contributed by atoms with Crippen LogP contribution in [-0.4, -0.2) is 29.7 Å². The molecule has 1 unspecified atom stereocenters. The molecular weight excluding hydrogens is 226 g/mol. The monoisotopic (exact) mass is 247 g/mol. The second-order valence-electron chi connectivity index (χ2n) is 5.01. The molecule has 98 valence electrons. The molecule has 0 heterocycles. The third kappa shape index (κ3) is 3.19. The van der Waals surface area contributed by atoms with E-state index in [1.807, 2.05) is 45.0 Å². The highest BCUT2D eigenvalue weighted by Gasteiger charge is 2.24. The molecular formula is C15H21NO2. The van der Waals surface area contributed by atoms with Gasteiger partial charge in [0.25, 0.3) is 0 Å². The molecule has 18 heavy (non-hydrogen) atoms. The lowest BCUT2D eigenvalue weighted by Crippen LogP contribution is -2.42. The maximum atomic E-state index is 12.2. The van der Waals surface area contributed by atoms with Gasteiger partial charge in [0.15, 0.2) is 5.78 Å². The molecule has 0 aliphatic carbocycles. The van der Waals surface area contributed by atoms with Crippen molar-refractivity contribution in [3.05, 3.63) is 35.4 Å². The van der Waals surface area contributed by atoms with Crippen LogP contribution in [0.1, 0.15) is 36.7 Å². The average Bonchev–Trinajstić information content (AvgIpc) is 2.36. The van der Waals surface area contributed by atoms with Gasteiger partial charge in [-0.15, -0.1) is 0 Å². The van der Waals surface area contributed by atoms with Crippen LogP contribution in [0, 0.1) is 12.8 Å². The van der Waals surface area contributed by atoms with E-state index in [2.05, 4.69) is 0 Å². The minimum atomic E-state index is -0.428. The van der Waals surface area contributed by atoms with Gasteiger partial charge in [0.05, 0.1) is 6.04 Å². The quantitative estimate of drug-likeness (QED) is 0.767. The SMILES string of the molecule is Cc1ccc(C(=O)C(C)N(C)C(=O)C(C)C)cc1. The third-order valence-electron chi connectivity index (χ3n) is 3.14. The maximum Gasteiger partial charge on any atom is 0.225 e. The standard InChI is InChI=1S/C15H21NO2/c1-10(2)15(18)16(5)12(4)14(17)13-8-6-11(3)7-9-13/h6-10,12H,1-5H3. The summed E-state index contributed by atoms with van der Waals surface area (Å²) in [6.07, 6.45) is 0. The third-order valence-corrected chi connectivity index (χ3v) is 3.14. The number of Topliss-reactive ketones (excluding diaryl/α,β-unsaturated/α-hetero) is 1. The Balaban J connectivity index is 2.84. The lowest BCUT2D eigenvalue weighted by molar-refractivity contribution is -0.134. The number of rotatable bonds is 4. The first-order valence-corrected chi connectivity index (χ1v) is 6.22. The predicted octanol–water partition coefficient (Wildman–Crippen LogP) is 2.68. The average molecular weight is 247 g/mol. The van der Waals surface area contributed by atoms with Gasteiger partial charge < -0.3 is 4.90 Å². The Morgan fingerprint density at radius 3 is 2.00 bits per heavy atom. The van der Waals surface area contributed by atoms with Gasteiger partial charge >= 0.3 is 0 Å². The number of benzene rings is 1. The smallest absolute Gasteiger partial charge is 0.225 e. The van der Waals surface area contributed by atoms with Crippen molar-refractivity contribution in [1.29, 1.82) is 0 Å². The number of carbonyl (C=O) groups is 2. The Hall–Kier alpha value is -1.64. The molecule has 1 aromatic carbocycles. The Morgan fingerprint density at radius 2 is 1.56 bits per heavy atom. The van der Waals surface area contributed by atoms with Crippen LogP contribution in [-0.2, 0) is 4.79 Å². The molecule has 0 saturated carbocycles. The molecule has 0 saturated heterocycles. The van der Waals surface area contributed by atoms with Gasteiger partial charge in [-0.25, -0.2) is 0 Å². The summed E-state index contributed by atoms with van der Waals surface area (Å²) in [5.74, 6) is -0.127. The van der Waals surface area contributed by atoms with Crippen LogP contribution in [0.25, 0.3) is 0 Å². The molecule has 1 amide bonds. The molecule has 0 spiro atoms. The molecule has 0 radical (unpaired) electrons. The van der Waals surface area contributed by atoms with Crippen LogP contribution < -0.4 is 0 Å². The van der Waals surface area contributed by atoms with Crippen molar-refractivity contribution in [1.82, 2.24) is 4.90 Å². The van der Waals surface area contributed by atoms with E-state index in [9.17, 15) is 9.59 Å². The van der Waals surface area contributed by atoms with Gasteiger partial charge in [0.2, 0.25) is 5.91 Å². The topological polar surface area (TPSA) is 37.4 Å². The number of ketones is 1. The minimum absolute atomic E-state index is 0.0111. The second kappa shape index (κ2) is 5.80. The van der Waals surface area contributed by atoms with Crippen LogP contribution >= 0.6 is 0 Å². The Labute approximate surface area is 109 Å². The first-order valence-electron chi connectivity index (χ1n) is 6.22. The van der Waals surface area contributed by atoms with Crippen LogP contribution in [0.3, 0.4) is 0 Å². The zero-order valence-electron chi connectivity index (χ0n) is 11.7. The Morgan fingerprint density at radius 1 is 1.06 bits per heavy atom. The number of nitrogens with zero attached hydrogens (tertiary/aromatic N) is 1. The van der Waals surface area contributed by atoms with Crippen molar-refractivity contribution >= 4 is 11.7 Å². The Bertz CT molecular complexity index is 434. The second-order valence-corrected chi connectivity index (χ2v) is 5.01. The van der Waals surface area contributed by atoms with E-state index in [0.717, 1.165) is 5.56 Å². The van der Waals surface area contributed by atoms with Gasteiger partial charge in [-0.2, -0.15) is 0 Å². The van der Waals surface area contributed by atoms with Crippen LogP contribution in [0.4, 0.5) is 0 Å². The van der Waals surface area contributed by atoms with Crippen LogP contribution in [0.5, 0.6) is 0 Å². The van der Waals surface area contributed by atoms with Crippen LogP contribution in [0.15, 0.2) is 24.3 Å². The molecule has 0 aliphatic heterocycles. The fourth-order valence-corrected chi connectivity index (χ4v) is 1.73. The van der Waals surface area contributed by atoms with Crippen molar-refractivity contribution in [3.63, 3.8) is 0 Å². The summed E-state index contributed by atoms with van der Waals surface area (Å²) < 4.78 is 0. The largest absolute Gasteiger partial charge is 0.335 e. The summed E-state index contributed by atoms with van der Waals surface area (Å²) in [5, 5.41) is 0. The zero-order chi connectivity index (χ0) is 13.9. The summed E-state index contributed by atoms with van der Waals surface area (Å²) >= 11 is 0. The minimum Gasteiger partial charge on any atom is -0.335 e. The highest BCUT2D eigenvalue weighted by Crippen LogP contribution is 2.11. The number of hydrogen-bond acceptors (Lipinski definition) is 2. The van der Waals surface area contributed by atoms with Gasteiger partial charge in [0.1, 0.15) is 0 Å². The fourth-order valence-electron chi connectivity index (χ4n) is 1.73. The molecule has 0 aliphatic rings. The molecule has 1 atom stereocenters. The summed E-state index contributed by atoms with van der Waals surface area (Å²) in [5.41, 5.74) is 1.77. The van der Waals surface area contributed by atoms with E-state index in [4.69, 9.17) is 0 Å². The number of likely N-dealkylation sites (N-methyl/N-ethyl adjacent to an activating group) is 1. The van der Waals surface area contributed by atoms with Gasteiger partial charge in [0, 0.05) is 18.5 Å². The van der Waals surface area contributed by atoms with E-state index < -0.39 is 6.04 Å². The summed E-state index contributed by atoms with van der Waals surface area (Å²) in [7, 11) is 1.68. The van der Waals surface area contributed by atoms with E-state index in [1.165, 1.54) is 4.90 Å². The van der Waals surface area contributed by atoms with Gasteiger partial charge in [-0.3, -0.25) is 9.59 Å². The van der Waals surface area contributed by atoms with E-state index in [-0.39, 0.29) is 17.6 Å². The van der Waals surface area contributed by atoms with E-state index in [0.29, 0.717) is 5.56 Å². The van der Waals surface area contributed by atoms with Crippen LogP contribution in [0.2, 0.25) is 0 Å². The van der Waals surface area contributed by atoms with Gasteiger partial charge in [-0.05, 0) is 13.8 Å².